The average Bonchev–Trinajstić information content (AvgIpc) is 3.17. The van der Waals surface area contributed by atoms with Crippen LogP contribution in [0.3, 0.4) is 0 Å². The van der Waals surface area contributed by atoms with E-state index in [0.29, 0.717) is 33.3 Å². The van der Waals surface area contributed by atoms with Crippen LogP contribution < -0.4 is 10.6 Å². The molecule has 0 unspecified atom stereocenters. The highest BCUT2D eigenvalue weighted by atomic mass is 35.5. The van der Waals surface area contributed by atoms with Gasteiger partial charge in [-0.1, -0.05) is 23.7 Å². The van der Waals surface area contributed by atoms with Gasteiger partial charge in [0.05, 0.1) is 11.3 Å². The molecule has 156 valence electrons. The Morgan fingerprint density at radius 1 is 1.13 bits per heavy atom. The van der Waals surface area contributed by atoms with Crippen LogP contribution in [0.15, 0.2) is 76.0 Å². The molecule has 0 aliphatic heterocycles. The third-order valence-corrected chi connectivity index (χ3v) is 5.68. The number of thioether (sulfide) groups is 1. The van der Waals surface area contributed by atoms with Crippen molar-refractivity contribution in [2.24, 2.45) is 0 Å². The van der Waals surface area contributed by atoms with E-state index in [2.05, 4.69) is 15.6 Å². The van der Waals surface area contributed by atoms with E-state index in [1.54, 1.807) is 24.3 Å². The molecule has 0 fully saturated rings. The van der Waals surface area contributed by atoms with Crippen molar-refractivity contribution in [3.8, 4) is 17.2 Å². The van der Waals surface area contributed by atoms with Gasteiger partial charge in [0, 0.05) is 21.7 Å². The Kier molecular flexibility index (Phi) is 6.41. The van der Waals surface area contributed by atoms with E-state index < -0.39 is 0 Å². The minimum atomic E-state index is -0.246. The molecule has 4 aromatic rings. The Hall–Kier alpha value is -3.07. The predicted molar refractivity (Wildman–Crippen MR) is 128 cm³/mol. The Bertz CT molecular complexity index is 1230. The lowest BCUT2D eigenvalue weighted by atomic mass is 10.2. The lowest BCUT2D eigenvalue weighted by molar-refractivity contribution is -0.117. The van der Waals surface area contributed by atoms with Gasteiger partial charge in [0.25, 0.3) is 0 Å². The van der Waals surface area contributed by atoms with E-state index in [4.69, 9.17) is 28.2 Å². The number of carbonyl (C=O) groups excluding carboxylic acids is 1. The van der Waals surface area contributed by atoms with Crippen LogP contribution in [0.5, 0.6) is 5.75 Å². The Morgan fingerprint density at radius 3 is 2.65 bits per heavy atom. The van der Waals surface area contributed by atoms with Crippen LogP contribution in [0.1, 0.15) is 0 Å². The number of fused-ring (bicyclic) bond motifs is 1. The van der Waals surface area contributed by atoms with Crippen molar-refractivity contribution >= 4 is 63.4 Å². The van der Waals surface area contributed by atoms with E-state index in [1.807, 2.05) is 36.4 Å². The van der Waals surface area contributed by atoms with Gasteiger partial charge in [-0.3, -0.25) is 4.79 Å². The Labute approximate surface area is 192 Å². The second kappa shape index (κ2) is 9.38. The van der Waals surface area contributed by atoms with Crippen LogP contribution >= 0.6 is 35.6 Å². The lowest BCUT2D eigenvalue weighted by Crippen LogP contribution is -2.35. The van der Waals surface area contributed by atoms with Crippen LogP contribution in [-0.4, -0.2) is 26.9 Å². The fourth-order valence-corrected chi connectivity index (χ4v) is 3.84. The van der Waals surface area contributed by atoms with Crippen molar-refractivity contribution < 1.29 is 14.3 Å². The minimum Gasteiger partial charge on any atom is -0.507 e. The molecule has 0 bridgehead atoms. The number of anilines is 1. The number of rotatable bonds is 5. The molecule has 1 heterocycles. The molecule has 0 atom stereocenters. The minimum absolute atomic E-state index is 0.0241. The maximum absolute atomic E-state index is 12.1. The monoisotopic (exact) mass is 469 g/mol. The van der Waals surface area contributed by atoms with Gasteiger partial charge in [-0.15, -0.1) is 11.8 Å². The number of thiocarbonyl (C=S) groups is 1. The fraction of sp³-hybridized carbons (Fsp3) is 0.0455. The van der Waals surface area contributed by atoms with E-state index in [1.165, 1.54) is 17.8 Å². The number of para-hydroxylation sites is 2. The summed E-state index contributed by atoms with van der Waals surface area (Å²) < 4.78 is 5.69. The molecule has 0 saturated heterocycles. The number of benzene rings is 3. The van der Waals surface area contributed by atoms with Crippen molar-refractivity contribution in [2.75, 3.05) is 11.1 Å². The van der Waals surface area contributed by atoms with Gasteiger partial charge in [-0.2, -0.15) is 0 Å². The van der Waals surface area contributed by atoms with Crippen LogP contribution in [-0.2, 0) is 4.79 Å². The first-order chi connectivity index (χ1) is 15.0. The number of aromatic hydroxyl groups is 1. The third kappa shape index (κ3) is 5.35. The summed E-state index contributed by atoms with van der Waals surface area (Å²) in [6.07, 6.45) is 0. The summed E-state index contributed by atoms with van der Waals surface area (Å²) in [6, 6.07) is 19.5. The van der Waals surface area contributed by atoms with Crippen LogP contribution in [0, 0.1) is 0 Å². The normalized spacial score (nSPS) is 10.7. The van der Waals surface area contributed by atoms with Crippen LogP contribution in [0.25, 0.3) is 22.6 Å². The van der Waals surface area contributed by atoms with Gasteiger partial charge in [-0.25, -0.2) is 4.98 Å². The van der Waals surface area contributed by atoms with Crippen molar-refractivity contribution in [2.45, 2.75) is 4.90 Å². The van der Waals surface area contributed by atoms with Gasteiger partial charge in [0.15, 0.2) is 10.7 Å². The first-order valence-electron chi connectivity index (χ1n) is 9.16. The highest BCUT2D eigenvalue weighted by Crippen LogP contribution is 2.33. The molecule has 3 N–H and O–H groups in total. The SMILES string of the molecule is O=C(CSc1ccc(Cl)cc1)NC(=S)Nc1ccc(-c2nc3ccccc3o2)c(O)c1. The summed E-state index contributed by atoms with van der Waals surface area (Å²) >= 11 is 12.4. The molecule has 3 aromatic carbocycles. The molecule has 9 heteroatoms. The maximum atomic E-state index is 12.1. The van der Waals surface area contributed by atoms with Crippen molar-refractivity contribution in [1.82, 2.24) is 10.3 Å². The van der Waals surface area contributed by atoms with Crippen molar-refractivity contribution in [3.05, 3.63) is 71.8 Å². The average molecular weight is 470 g/mol. The number of hydrogen-bond donors (Lipinski definition) is 3. The van der Waals surface area contributed by atoms with Crippen LogP contribution in [0.2, 0.25) is 5.02 Å². The number of aromatic nitrogens is 1. The number of nitrogens with zero attached hydrogens (tertiary/aromatic N) is 1. The molecule has 31 heavy (non-hydrogen) atoms. The standard InChI is InChI=1S/C22H16ClN3O3S2/c23-13-5-8-15(9-6-13)31-12-20(28)26-22(30)24-14-7-10-16(18(27)11-14)21-25-17-3-1-2-4-19(17)29-21/h1-11,27H,12H2,(H2,24,26,28,30). The van der Waals surface area contributed by atoms with Gasteiger partial charge in [0.1, 0.15) is 11.3 Å². The molecule has 0 aliphatic carbocycles. The topological polar surface area (TPSA) is 87.4 Å². The number of nitrogens with one attached hydrogen (secondary N) is 2. The Morgan fingerprint density at radius 2 is 1.90 bits per heavy atom. The molecular weight excluding hydrogens is 454 g/mol. The third-order valence-electron chi connectivity index (χ3n) is 4.22. The summed E-state index contributed by atoms with van der Waals surface area (Å²) in [4.78, 5) is 17.4. The zero-order chi connectivity index (χ0) is 21.8. The highest BCUT2D eigenvalue weighted by molar-refractivity contribution is 8.00. The number of phenols is 1. The second-order valence-corrected chi connectivity index (χ2v) is 8.36. The molecule has 1 aromatic heterocycles. The summed E-state index contributed by atoms with van der Waals surface area (Å²) in [6.45, 7) is 0. The molecule has 0 spiro atoms. The van der Waals surface area contributed by atoms with Gasteiger partial charge in [-0.05, 0) is 60.7 Å². The number of oxazole rings is 1. The largest absolute Gasteiger partial charge is 0.507 e. The molecule has 0 radical (unpaired) electrons. The summed E-state index contributed by atoms with van der Waals surface area (Å²) in [5.41, 5.74) is 2.32. The van der Waals surface area contributed by atoms with Gasteiger partial charge in [0.2, 0.25) is 11.8 Å². The zero-order valence-corrected chi connectivity index (χ0v) is 18.4. The second-order valence-electron chi connectivity index (χ2n) is 6.46. The molecule has 4 rings (SSSR count). The van der Waals surface area contributed by atoms with E-state index in [0.717, 1.165) is 4.90 Å². The number of hydrogen-bond acceptors (Lipinski definition) is 6. The first-order valence-corrected chi connectivity index (χ1v) is 10.9. The number of phenolic OH excluding ortho intramolecular Hbond substituents is 1. The smallest absolute Gasteiger partial charge is 0.236 e. The van der Waals surface area contributed by atoms with Gasteiger partial charge >= 0.3 is 0 Å². The predicted octanol–water partition coefficient (Wildman–Crippen LogP) is 5.46. The van der Waals surface area contributed by atoms with Crippen molar-refractivity contribution in [1.29, 1.82) is 0 Å². The quantitative estimate of drug-likeness (QED) is 0.264. The van der Waals surface area contributed by atoms with Gasteiger partial charge < -0.3 is 20.2 Å². The summed E-state index contributed by atoms with van der Waals surface area (Å²) in [5.74, 6) is 0.250. The van der Waals surface area contributed by atoms with E-state index in [9.17, 15) is 9.90 Å². The molecule has 1 amide bonds. The Balaban J connectivity index is 1.35. The lowest BCUT2D eigenvalue weighted by Gasteiger charge is -2.10. The molecule has 0 saturated carbocycles. The van der Waals surface area contributed by atoms with E-state index in [-0.39, 0.29) is 22.5 Å². The number of halogens is 1. The number of amides is 1. The molecular formula is C22H16ClN3O3S2. The van der Waals surface area contributed by atoms with E-state index >= 15 is 0 Å². The highest BCUT2D eigenvalue weighted by Gasteiger charge is 2.13. The molecule has 6 nitrogen and oxygen atoms in total. The molecule has 0 aliphatic rings. The summed E-state index contributed by atoms with van der Waals surface area (Å²) in [7, 11) is 0. The zero-order valence-electron chi connectivity index (χ0n) is 16.0. The maximum Gasteiger partial charge on any atom is 0.236 e. The summed E-state index contributed by atoms with van der Waals surface area (Å²) in [5, 5.41) is 16.7. The first kappa shape index (κ1) is 21.2. The number of carbonyl (C=O) groups is 1. The fourth-order valence-electron chi connectivity index (χ4n) is 2.78. The van der Waals surface area contributed by atoms with Crippen LogP contribution in [0.4, 0.5) is 5.69 Å². The van der Waals surface area contributed by atoms with Crippen molar-refractivity contribution in [3.63, 3.8) is 0 Å².